The second-order valence-electron chi connectivity index (χ2n) is 4.92. The number of nitrogens with one attached hydrogen (secondary N) is 1. The normalized spacial score (nSPS) is 11.1. The van der Waals surface area contributed by atoms with Gasteiger partial charge in [0.05, 0.1) is 12.8 Å². The summed E-state index contributed by atoms with van der Waals surface area (Å²) in [6.45, 7) is 2.56. The second-order valence-corrected chi connectivity index (χ2v) is 5.30. The highest BCUT2D eigenvalue weighted by atomic mass is 32.1. The molecule has 0 aliphatic rings. The van der Waals surface area contributed by atoms with Gasteiger partial charge in [-0.2, -0.15) is 14.9 Å². The molecule has 7 heteroatoms. The molecule has 122 valence electrons. The van der Waals surface area contributed by atoms with Crippen molar-refractivity contribution in [1.29, 1.82) is 0 Å². The van der Waals surface area contributed by atoms with E-state index in [1.807, 2.05) is 31.2 Å². The lowest BCUT2D eigenvalue weighted by Crippen LogP contribution is -1.95. The molecule has 1 heterocycles. The van der Waals surface area contributed by atoms with Gasteiger partial charge >= 0.3 is 0 Å². The zero-order valence-electron chi connectivity index (χ0n) is 12.9. The van der Waals surface area contributed by atoms with Crippen molar-refractivity contribution < 1.29 is 9.13 Å². The number of aromatic amines is 1. The number of H-pyrrole nitrogens is 1. The van der Waals surface area contributed by atoms with E-state index in [2.05, 4.69) is 15.3 Å². The summed E-state index contributed by atoms with van der Waals surface area (Å²) in [4.78, 5) is 0. The molecule has 0 bridgehead atoms. The van der Waals surface area contributed by atoms with Crippen LogP contribution in [0.2, 0.25) is 0 Å². The molecule has 0 radical (unpaired) electrons. The molecule has 0 saturated carbocycles. The summed E-state index contributed by atoms with van der Waals surface area (Å²) in [7, 11) is 0. The highest BCUT2D eigenvalue weighted by molar-refractivity contribution is 7.71. The van der Waals surface area contributed by atoms with Crippen LogP contribution in [0.25, 0.3) is 11.4 Å². The van der Waals surface area contributed by atoms with E-state index in [9.17, 15) is 4.39 Å². The maximum Gasteiger partial charge on any atom is 0.216 e. The van der Waals surface area contributed by atoms with E-state index in [0.29, 0.717) is 22.8 Å². The number of aromatic nitrogens is 3. The van der Waals surface area contributed by atoms with Crippen LogP contribution in [-0.4, -0.2) is 27.7 Å². The number of hydrogen-bond donors (Lipinski definition) is 1. The molecule has 0 saturated heterocycles. The molecule has 0 amide bonds. The van der Waals surface area contributed by atoms with Crippen molar-refractivity contribution in [3.63, 3.8) is 0 Å². The molecule has 0 spiro atoms. The average Bonchev–Trinajstić information content (AvgIpc) is 2.96. The summed E-state index contributed by atoms with van der Waals surface area (Å²) in [5.74, 6) is 1.01. The Labute approximate surface area is 143 Å². The number of halogens is 1. The zero-order valence-corrected chi connectivity index (χ0v) is 13.8. The monoisotopic (exact) mass is 342 g/mol. The van der Waals surface area contributed by atoms with Gasteiger partial charge in [0.25, 0.3) is 0 Å². The Bertz CT molecular complexity index is 898. The first-order chi connectivity index (χ1) is 11.7. The van der Waals surface area contributed by atoms with Crippen LogP contribution in [0.3, 0.4) is 0 Å². The van der Waals surface area contributed by atoms with Gasteiger partial charge in [-0.1, -0.05) is 0 Å². The maximum absolute atomic E-state index is 13.1. The smallest absolute Gasteiger partial charge is 0.216 e. The third kappa shape index (κ3) is 3.57. The van der Waals surface area contributed by atoms with Crippen molar-refractivity contribution in [2.45, 2.75) is 6.92 Å². The molecule has 0 aliphatic carbocycles. The Balaban J connectivity index is 1.88. The Hall–Kier alpha value is -2.80. The number of hydrogen-bond acceptors (Lipinski definition) is 4. The van der Waals surface area contributed by atoms with Crippen LogP contribution >= 0.6 is 12.2 Å². The van der Waals surface area contributed by atoms with Gasteiger partial charge in [-0.05, 0) is 73.2 Å². The summed E-state index contributed by atoms with van der Waals surface area (Å²) in [6.07, 6.45) is 1.67. The summed E-state index contributed by atoms with van der Waals surface area (Å²) in [5.41, 5.74) is 1.61. The minimum absolute atomic E-state index is 0.308. The Morgan fingerprint density at radius 2 is 1.92 bits per heavy atom. The van der Waals surface area contributed by atoms with E-state index < -0.39 is 0 Å². The lowest BCUT2D eigenvalue weighted by molar-refractivity contribution is 0.340. The first-order valence-electron chi connectivity index (χ1n) is 7.38. The van der Waals surface area contributed by atoms with Crippen molar-refractivity contribution in [2.24, 2.45) is 5.10 Å². The fraction of sp³-hybridized carbons (Fsp3) is 0.118. The molecule has 0 aliphatic heterocycles. The molecule has 1 aromatic heterocycles. The van der Waals surface area contributed by atoms with Gasteiger partial charge in [0.2, 0.25) is 4.77 Å². The van der Waals surface area contributed by atoms with Gasteiger partial charge in [-0.25, -0.2) is 9.49 Å². The van der Waals surface area contributed by atoms with Crippen molar-refractivity contribution in [2.75, 3.05) is 6.61 Å². The third-order valence-corrected chi connectivity index (χ3v) is 3.53. The molecule has 3 rings (SSSR count). The predicted octanol–water partition coefficient (Wildman–Crippen LogP) is 4.03. The molecule has 0 fully saturated rings. The lowest BCUT2D eigenvalue weighted by atomic mass is 10.2. The van der Waals surface area contributed by atoms with E-state index in [4.69, 9.17) is 17.0 Å². The van der Waals surface area contributed by atoms with E-state index in [1.54, 1.807) is 18.3 Å². The molecule has 0 unspecified atom stereocenters. The largest absolute Gasteiger partial charge is 0.494 e. The maximum atomic E-state index is 13.1. The van der Waals surface area contributed by atoms with Crippen LogP contribution in [0.1, 0.15) is 12.5 Å². The van der Waals surface area contributed by atoms with Gasteiger partial charge in [0.1, 0.15) is 11.6 Å². The van der Waals surface area contributed by atoms with Gasteiger partial charge in [-0.15, -0.1) is 0 Å². The predicted molar refractivity (Wildman–Crippen MR) is 93.4 cm³/mol. The molecular weight excluding hydrogens is 327 g/mol. The highest BCUT2D eigenvalue weighted by Crippen LogP contribution is 2.18. The minimum atomic E-state index is -0.308. The quantitative estimate of drug-likeness (QED) is 0.563. The number of rotatable bonds is 5. The standard InChI is InChI=1S/C17H15FN4OS/c1-2-23-15-9-3-12(4-10-15)11-19-22-16(20-21-17(22)24)13-5-7-14(18)8-6-13/h3-11H,2H2,1H3,(H,21,24). The lowest BCUT2D eigenvalue weighted by Gasteiger charge is -2.03. The highest BCUT2D eigenvalue weighted by Gasteiger charge is 2.08. The minimum Gasteiger partial charge on any atom is -0.494 e. The molecule has 3 aromatic rings. The Kier molecular flexibility index (Phi) is 4.81. The molecule has 1 N–H and O–H groups in total. The summed E-state index contributed by atoms with van der Waals surface area (Å²) in [5, 5.41) is 11.2. The Morgan fingerprint density at radius 3 is 2.58 bits per heavy atom. The van der Waals surface area contributed by atoms with Crippen molar-refractivity contribution in [1.82, 2.24) is 14.9 Å². The fourth-order valence-corrected chi connectivity index (χ4v) is 2.31. The second kappa shape index (κ2) is 7.18. The topological polar surface area (TPSA) is 55.2 Å². The molecule has 24 heavy (non-hydrogen) atoms. The van der Waals surface area contributed by atoms with Gasteiger partial charge in [0.15, 0.2) is 5.82 Å². The zero-order chi connectivity index (χ0) is 16.9. The summed E-state index contributed by atoms with van der Waals surface area (Å²) < 4.78 is 20.3. The van der Waals surface area contributed by atoms with E-state index in [1.165, 1.54) is 16.8 Å². The summed E-state index contributed by atoms with van der Waals surface area (Å²) >= 11 is 5.21. The van der Waals surface area contributed by atoms with Crippen LogP contribution in [0, 0.1) is 10.6 Å². The van der Waals surface area contributed by atoms with Crippen LogP contribution in [0.15, 0.2) is 53.6 Å². The van der Waals surface area contributed by atoms with Crippen LogP contribution in [0.5, 0.6) is 5.75 Å². The van der Waals surface area contributed by atoms with Gasteiger partial charge in [-0.3, -0.25) is 0 Å². The van der Waals surface area contributed by atoms with Crippen LogP contribution in [0.4, 0.5) is 4.39 Å². The van der Waals surface area contributed by atoms with E-state index in [-0.39, 0.29) is 5.82 Å². The van der Waals surface area contributed by atoms with Crippen molar-refractivity contribution in [3.05, 3.63) is 64.7 Å². The van der Waals surface area contributed by atoms with Crippen molar-refractivity contribution in [3.8, 4) is 17.1 Å². The van der Waals surface area contributed by atoms with Crippen LogP contribution in [-0.2, 0) is 0 Å². The number of ether oxygens (including phenoxy) is 1. The fourth-order valence-electron chi connectivity index (χ4n) is 2.13. The molecule has 0 atom stereocenters. The Morgan fingerprint density at radius 1 is 1.21 bits per heavy atom. The van der Waals surface area contributed by atoms with E-state index in [0.717, 1.165) is 11.3 Å². The SMILES string of the molecule is CCOc1ccc(C=Nn2c(-c3ccc(F)cc3)n[nH]c2=S)cc1. The van der Waals surface area contributed by atoms with Gasteiger partial charge in [0, 0.05) is 5.56 Å². The van der Waals surface area contributed by atoms with Crippen LogP contribution < -0.4 is 4.74 Å². The summed E-state index contributed by atoms with van der Waals surface area (Å²) in [6, 6.07) is 13.5. The number of benzene rings is 2. The first kappa shape index (κ1) is 16.1. The molecule has 5 nitrogen and oxygen atoms in total. The van der Waals surface area contributed by atoms with Crippen molar-refractivity contribution >= 4 is 18.4 Å². The average molecular weight is 342 g/mol. The third-order valence-electron chi connectivity index (χ3n) is 3.27. The molecule has 2 aromatic carbocycles. The first-order valence-corrected chi connectivity index (χ1v) is 7.79. The number of nitrogens with zero attached hydrogens (tertiary/aromatic N) is 3. The van der Waals surface area contributed by atoms with Gasteiger partial charge < -0.3 is 4.74 Å². The van der Waals surface area contributed by atoms with E-state index >= 15 is 0 Å². The molecular formula is C17H15FN4OS.